The highest BCUT2D eigenvalue weighted by Gasteiger charge is 2.39. The zero-order valence-corrected chi connectivity index (χ0v) is 11.4. The number of ether oxygens (including phenoxy) is 1. The minimum Gasteiger partial charge on any atom is -0.383 e. The van der Waals surface area contributed by atoms with Gasteiger partial charge in [-0.25, -0.2) is 0 Å². The maximum absolute atomic E-state index is 12.4. The van der Waals surface area contributed by atoms with Crippen LogP contribution in [0.5, 0.6) is 0 Å². The molecule has 0 saturated carbocycles. The van der Waals surface area contributed by atoms with Crippen molar-refractivity contribution < 1.29 is 17.9 Å². The molecular weight excluding hydrogens is 283 g/mol. The standard InChI is InChI=1S/C14H16F3N3O/c15-14(16,17)11(9-18)10-19-12-1-3-13(4-2-12)20-5-7-21-8-6-20/h1-4,11,19H,5-8,10H2. The van der Waals surface area contributed by atoms with Crippen molar-refractivity contribution in [3.63, 3.8) is 0 Å². The molecule has 4 nitrogen and oxygen atoms in total. The van der Waals surface area contributed by atoms with Gasteiger partial charge >= 0.3 is 6.18 Å². The quantitative estimate of drug-likeness (QED) is 0.928. The summed E-state index contributed by atoms with van der Waals surface area (Å²) < 4.78 is 42.6. The van der Waals surface area contributed by atoms with E-state index in [1.54, 1.807) is 12.1 Å². The summed E-state index contributed by atoms with van der Waals surface area (Å²) in [5.74, 6) is -2.00. The lowest BCUT2D eigenvalue weighted by Crippen LogP contribution is -2.36. The fourth-order valence-electron chi connectivity index (χ4n) is 2.07. The predicted molar refractivity (Wildman–Crippen MR) is 73.1 cm³/mol. The van der Waals surface area contributed by atoms with Gasteiger partial charge in [0.25, 0.3) is 0 Å². The largest absolute Gasteiger partial charge is 0.406 e. The second kappa shape index (κ2) is 6.68. The third kappa shape index (κ3) is 4.26. The van der Waals surface area contributed by atoms with E-state index < -0.39 is 18.6 Å². The molecule has 1 aromatic carbocycles. The van der Waals surface area contributed by atoms with Crippen LogP contribution in [-0.4, -0.2) is 39.0 Å². The zero-order chi connectivity index (χ0) is 15.3. The summed E-state index contributed by atoms with van der Waals surface area (Å²) in [6, 6.07) is 8.40. The van der Waals surface area contributed by atoms with Crippen LogP contribution in [0.25, 0.3) is 0 Å². The molecule has 0 spiro atoms. The Morgan fingerprint density at radius 1 is 1.24 bits per heavy atom. The molecule has 0 aliphatic carbocycles. The normalized spacial score (nSPS) is 17.1. The Morgan fingerprint density at radius 2 is 1.86 bits per heavy atom. The van der Waals surface area contributed by atoms with Crippen LogP contribution in [0.15, 0.2) is 24.3 Å². The van der Waals surface area contributed by atoms with Crippen molar-refractivity contribution in [3.8, 4) is 6.07 Å². The van der Waals surface area contributed by atoms with Gasteiger partial charge < -0.3 is 15.0 Å². The van der Waals surface area contributed by atoms with Gasteiger partial charge in [0.05, 0.1) is 19.3 Å². The lowest BCUT2D eigenvalue weighted by Gasteiger charge is -2.29. The summed E-state index contributed by atoms with van der Waals surface area (Å²) in [6.07, 6.45) is -4.50. The second-order valence-corrected chi connectivity index (χ2v) is 4.75. The van der Waals surface area contributed by atoms with Gasteiger partial charge in [-0.15, -0.1) is 0 Å². The zero-order valence-electron chi connectivity index (χ0n) is 11.4. The first-order valence-electron chi connectivity index (χ1n) is 6.63. The fraction of sp³-hybridized carbons (Fsp3) is 0.500. The number of rotatable bonds is 4. The van der Waals surface area contributed by atoms with Gasteiger partial charge in [-0.05, 0) is 24.3 Å². The molecule has 0 amide bonds. The molecule has 1 N–H and O–H groups in total. The van der Waals surface area contributed by atoms with Gasteiger partial charge in [-0.1, -0.05) is 0 Å². The third-order valence-electron chi connectivity index (χ3n) is 3.30. The number of anilines is 2. The topological polar surface area (TPSA) is 48.3 Å². The van der Waals surface area contributed by atoms with Gasteiger partial charge in [0, 0.05) is 31.0 Å². The summed E-state index contributed by atoms with van der Waals surface area (Å²) >= 11 is 0. The second-order valence-electron chi connectivity index (χ2n) is 4.75. The van der Waals surface area contributed by atoms with Crippen molar-refractivity contribution in [2.75, 3.05) is 43.1 Å². The minimum atomic E-state index is -4.50. The minimum absolute atomic E-state index is 0.448. The highest BCUT2D eigenvalue weighted by Crippen LogP contribution is 2.26. The molecule has 0 aromatic heterocycles. The van der Waals surface area contributed by atoms with E-state index in [9.17, 15) is 13.2 Å². The van der Waals surface area contributed by atoms with Crippen molar-refractivity contribution in [1.29, 1.82) is 5.26 Å². The Labute approximate surface area is 121 Å². The Kier molecular flexibility index (Phi) is 4.91. The fourth-order valence-corrected chi connectivity index (χ4v) is 2.07. The molecule has 0 radical (unpaired) electrons. The van der Waals surface area contributed by atoms with E-state index in [0.717, 1.165) is 18.8 Å². The molecule has 1 aliphatic heterocycles. The first-order chi connectivity index (χ1) is 10.0. The molecule has 1 unspecified atom stereocenters. The van der Waals surface area contributed by atoms with Crippen LogP contribution < -0.4 is 10.2 Å². The lowest BCUT2D eigenvalue weighted by molar-refractivity contribution is -0.155. The van der Waals surface area contributed by atoms with Crippen LogP contribution in [0.2, 0.25) is 0 Å². The molecule has 1 fully saturated rings. The van der Waals surface area contributed by atoms with Gasteiger partial charge in [-0.3, -0.25) is 0 Å². The number of nitrogens with zero attached hydrogens (tertiary/aromatic N) is 2. The van der Waals surface area contributed by atoms with E-state index in [0.29, 0.717) is 18.9 Å². The maximum atomic E-state index is 12.4. The summed E-state index contributed by atoms with van der Waals surface area (Å²) in [4.78, 5) is 2.15. The highest BCUT2D eigenvalue weighted by atomic mass is 19.4. The summed E-state index contributed by atoms with van der Waals surface area (Å²) in [6.45, 7) is 2.51. The molecule has 7 heteroatoms. The monoisotopic (exact) mass is 299 g/mol. The number of nitriles is 1. The SMILES string of the molecule is N#CC(CNc1ccc(N2CCOCC2)cc1)C(F)(F)F. The highest BCUT2D eigenvalue weighted by molar-refractivity contribution is 5.55. The van der Waals surface area contributed by atoms with Gasteiger partial charge in [0.2, 0.25) is 0 Å². The number of nitrogens with one attached hydrogen (secondary N) is 1. The summed E-state index contributed by atoms with van der Waals surface area (Å²) in [5.41, 5.74) is 1.58. The molecule has 1 aliphatic rings. The molecule has 1 atom stereocenters. The number of morpholine rings is 1. The Hall–Kier alpha value is -1.94. The van der Waals surface area contributed by atoms with Crippen LogP contribution in [0.1, 0.15) is 0 Å². The maximum Gasteiger partial charge on any atom is 0.406 e. The van der Waals surface area contributed by atoms with E-state index in [4.69, 9.17) is 10.00 Å². The molecule has 1 aromatic rings. The predicted octanol–water partition coefficient (Wildman–Crippen LogP) is 2.64. The van der Waals surface area contributed by atoms with E-state index in [1.165, 1.54) is 6.07 Å². The van der Waals surface area contributed by atoms with Crippen LogP contribution in [0, 0.1) is 17.2 Å². The number of hydrogen-bond acceptors (Lipinski definition) is 4. The van der Waals surface area contributed by atoms with E-state index in [-0.39, 0.29) is 0 Å². The number of hydrogen-bond donors (Lipinski definition) is 1. The van der Waals surface area contributed by atoms with Gasteiger partial charge in [0.1, 0.15) is 0 Å². The van der Waals surface area contributed by atoms with Gasteiger partial charge in [0.15, 0.2) is 5.92 Å². The Bertz CT molecular complexity index is 490. The van der Waals surface area contributed by atoms with E-state index in [1.807, 2.05) is 12.1 Å². The van der Waals surface area contributed by atoms with Crippen LogP contribution in [0.3, 0.4) is 0 Å². The van der Waals surface area contributed by atoms with Gasteiger partial charge in [-0.2, -0.15) is 18.4 Å². The van der Waals surface area contributed by atoms with Crippen LogP contribution in [0.4, 0.5) is 24.5 Å². The molecule has 2 rings (SSSR count). The van der Waals surface area contributed by atoms with Crippen molar-refractivity contribution in [3.05, 3.63) is 24.3 Å². The molecule has 1 saturated heterocycles. The summed E-state index contributed by atoms with van der Waals surface area (Å²) in [5, 5.41) is 11.2. The van der Waals surface area contributed by atoms with Crippen molar-refractivity contribution >= 4 is 11.4 Å². The Balaban J connectivity index is 1.92. The average Bonchev–Trinajstić information content (AvgIpc) is 2.48. The number of alkyl halides is 3. The van der Waals surface area contributed by atoms with Crippen molar-refractivity contribution in [1.82, 2.24) is 0 Å². The smallest absolute Gasteiger partial charge is 0.383 e. The molecular formula is C14H16F3N3O. The third-order valence-corrected chi connectivity index (χ3v) is 3.30. The molecule has 1 heterocycles. The van der Waals surface area contributed by atoms with Crippen LogP contribution >= 0.6 is 0 Å². The van der Waals surface area contributed by atoms with E-state index in [2.05, 4.69) is 10.2 Å². The van der Waals surface area contributed by atoms with E-state index >= 15 is 0 Å². The first kappa shape index (κ1) is 15.4. The average molecular weight is 299 g/mol. The van der Waals surface area contributed by atoms with Crippen molar-refractivity contribution in [2.45, 2.75) is 6.18 Å². The lowest BCUT2D eigenvalue weighted by atomic mass is 10.1. The molecule has 0 bridgehead atoms. The molecule has 114 valence electrons. The van der Waals surface area contributed by atoms with Crippen LogP contribution in [-0.2, 0) is 4.74 Å². The first-order valence-corrected chi connectivity index (χ1v) is 6.63. The summed E-state index contributed by atoms with van der Waals surface area (Å²) in [7, 11) is 0. The number of benzene rings is 1. The number of halogens is 3. The van der Waals surface area contributed by atoms with Crippen molar-refractivity contribution in [2.24, 2.45) is 5.92 Å². The molecule has 21 heavy (non-hydrogen) atoms. The Morgan fingerprint density at radius 3 is 2.38 bits per heavy atom.